The minimum atomic E-state index is -0.606. The number of unbranched alkanes of at least 4 members (excludes halogenated alkanes) is 1. The van der Waals surface area contributed by atoms with Gasteiger partial charge in [-0.1, -0.05) is 31.6 Å². The Labute approximate surface area is 72.6 Å². The lowest BCUT2D eigenvalue weighted by Crippen LogP contribution is -2.17. The summed E-state index contributed by atoms with van der Waals surface area (Å²) in [5.74, 6) is -0.314. The molecule has 1 N–H and O–H groups in total. The minimum Gasteiger partial charge on any atom is -0.388 e. The number of carbonyl (C=O) groups is 1. The number of carbonyl (C=O) groups excluding carboxylic acids is 1. The highest BCUT2D eigenvalue weighted by Gasteiger charge is 2.25. The Morgan fingerprint density at radius 3 is 2.92 bits per heavy atom. The molecule has 2 unspecified atom stereocenters. The monoisotopic (exact) mass is 166 g/mol. The Hall–Kier alpha value is -0.890. The fraction of sp³-hybridized carbons (Fsp3) is 0.500. The van der Waals surface area contributed by atoms with Crippen LogP contribution in [0.1, 0.15) is 19.8 Å². The van der Waals surface area contributed by atoms with Crippen LogP contribution in [-0.2, 0) is 4.79 Å². The van der Waals surface area contributed by atoms with Crippen molar-refractivity contribution in [1.29, 1.82) is 0 Å². The Balaban J connectivity index is 2.47. The van der Waals surface area contributed by atoms with E-state index < -0.39 is 6.10 Å². The summed E-state index contributed by atoms with van der Waals surface area (Å²) in [7, 11) is 0. The third kappa shape index (κ3) is 2.05. The van der Waals surface area contributed by atoms with E-state index >= 15 is 0 Å². The molecule has 0 aromatic carbocycles. The molecule has 0 radical (unpaired) electrons. The molecule has 2 heteroatoms. The maximum absolute atomic E-state index is 11.1. The molecular formula is C10H14O2. The summed E-state index contributed by atoms with van der Waals surface area (Å²) in [5, 5.41) is 9.30. The molecule has 1 aliphatic rings. The summed E-state index contributed by atoms with van der Waals surface area (Å²) in [6, 6.07) is 0. The first kappa shape index (κ1) is 9.20. The zero-order valence-electron chi connectivity index (χ0n) is 7.23. The van der Waals surface area contributed by atoms with Gasteiger partial charge in [0, 0.05) is 0 Å². The SMILES string of the molecule is CCC/C=C/C1C(=O)C=CC1O. The standard InChI is InChI=1S/C10H14O2/c1-2-3-4-5-8-9(11)6-7-10(8)12/h4-9,11H,2-3H2,1H3/b5-4+. The second-order valence-electron chi connectivity index (χ2n) is 2.99. The molecule has 0 spiro atoms. The van der Waals surface area contributed by atoms with E-state index in [4.69, 9.17) is 0 Å². The largest absolute Gasteiger partial charge is 0.388 e. The van der Waals surface area contributed by atoms with Gasteiger partial charge in [0.15, 0.2) is 5.78 Å². The van der Waals surface area contributed by atoms with E-state index in [-0.39, 0.29) is 11.7 Å². The van der Waals surface area contributed by atoms with E-state index in [0.717, 1.165) is 12.8 Å². The van der Waals surface area contributed by atoms with Gasteiger partial charge in [-0.3, -0.25) is 4.79 Å². The first-order valence-corrected chi connectivity index (χ1v) is 4.32. The van der Waals surface area contributed by atoms with Gasteiger partial charge >= 0.3 is 0 Å². The fourth-order valence-electron chi connectivity index (χ4n) is 1.21. The predicted octanol–water partition coefficient (Wildman–Crippen LogP) is 1.46. The van der Waals surface area contributed by atoms with Gasteiger partial charge < -0.3 is 5.11 Å². The quantitative estimate of drug-likeness (QED) is 0.644. The third-order valence-corrected chi connectivity index (χ3v) is 1.95. The van der Waals surface area contributed by atoms with Crippen molar-refractivity contribution >= 4 is 5.78 Å². The molecule has 0 aromatic heterocycles. The fourth-order valence-corrected chi connectivity index (χ4v) is 1.21. The smallest absolute Gasteiger partial charge is 0.165 e. The van der Waals surface area contributed by atoms with Crippen molar-refractivity contribution < 1.29 is 9.90 Å². The lowest BCUT2D eigenvalue weighted by atomic mass is 10.0. The van der Waals surface area contributed by atoms with Crippen LogP contribution in [0.4, 0.5) is 0 Å². The van der Waals surface area contributed by atoms with Crippen LogP contribution >= 0.6 is 0 Å². The molecule has 0 saturated carbocycles. The first-order chi connectivity index (χ1) is 5.75. The Morgan fingerprint density at radius 2 is 2.42 bits per heavy atom. The summed E-state index contributed by atoms with van der Waals surface area (Å²) in [4.78, 5) is 11.1. The second kappa shape index (κ2) is 4.21. The average molecular weight is 166 g/mol. The summed E-state index contributed by atoms with van der Waals surface area (Å²) in [6.07, 6.45) is 8.19. The molecule has 2 nitrogen and oxygen atoms in total. The molecule has 1 aliphatic carbocycles. The van der Waals surface area contributed by atoms with Crippen molar-refractivity contribution in [3.05, 3.63) is 24.3 Å². The highest BCUT2D eigenvalue weighted by atomic mass is 16.3. The number of hydrogen-bond acceptors (Lipinski definition) is 2. The third-order valence-electron chi connectivity index (χ3n) is 1.95. The van der Waals surface area contributed by atoms with Gasteiger partial charge in [-0.15, -0.1) is 0 Å². The molecule has 66 valence electrons. The maximum atomic E-state index is 11.1. The van der Waals surface area contributed by atoms with Gasteiger partial charge in [0.05, 0.1) is 12.0 Å². The van der Waals surface area contributed by atoms with Gasteiger partial charge in [0.2, 0.25) is 0 Å². The molecule has 1 rings (SSSR count). The number of aliphatic hydroxyl groups is 1. The average Bonchev–Trinajstić information content (AvgIpc) is 2.35. The van der Waals surface area contributed by atoms with Crippen LogP contribution in [0.5, 0.6) is 0 Å². The Morgan fingerprint density at radius 1 is 1.67 bits per heavy atom. The maximum Gasteiger partial charge on any atom is 0.165 e. The van der Waals surface area contributed by atoms with E-state index in [0.29, 0.717) is 0 Å². The lowest BCUT2D eigenvalue weighted by molar-refractivity contribution is -0.117. The molecular weight excluding hydrogens is 152 g/mol. The van der Waals surface area contributed by atoms with E-state index in [1.807, 2.05) is 6.08 Å². The number of allylic oxidation sites excluding steroid dienone is 2. The van der Waals surface area contributed by atoms with Crippen LogP contribution in [-0.4, -0.2) is 17.0 Å². The zero-order valence-corrected chi connectivity index (χ0v) is 7.23. The Kier molecular flexibility index (Phi) is 3.23. The number of hydrogen-bond donors (Lipinski definition) is 1. The molecule has 0 bridgehead atoms. The van der Waals surface area contributed by atoms with Crippen molar-refractivity contribution in [3.8, 4) is 0 Å². The molecule has 2 atom stereocenters. The van der Waals surface area contributed by atoms with E-state index in [1.165, 1.54) is 6.08 Å². The van der Waals surface area contributed by atoms with Gasteiger partial charge in [-0.2, -0.15) is 0 Å². The lowest BCUT2D eigenvalue weighted by Gasteiger charge is -2.06. The molecule has 0 heterocycles. The molecule has 12 heavy (non-hydrogen) atoms. The van der Waals surface area contributed by atoms with Crippen molar-refractivity contribution in [2.45, 2.75) is 25.9 Å². The molecule has 0 aromatic rings. The van der Waals surface area contributed by atoms with Crippen LogP contribution < -0.4 is 0 Å². The number of rotatable bonds is 3. The predicted molar refractivity (Wildman–Crippen MR) is 47.7 cm³/mol. The van der Waals surface area contributed by atoms with Crippen molar-refractivity contribution in [2.75, 3.05) is 0 Å². The number of aliphatic hydroxyl groups excluding tert-OH is 1. The summed E-state index contributed by atoms with van der Waals surface area (Å²) < 4.78 is 0. The molecule has 0 saturated heterocycles. The topological polar surface area (TPSA) is 37.3 Å². The van der Waals surface area contributed by atoms with Crippen LogP contribution in [0, 0.1) is 5.92 Å². The summed E-state index contributed by atoms with van der Waals surface area (Å²) in [6.45, 7) is 2.08. The first-order valence-electron chi connectivity index (χ1n) is 4.32. The van der Waals surface area contributed by atoms with E-state index in [9.17, 15) is 9.90 Å². The van der Waals surface area contributed by atoms with E-state index in [2.05, 4.69) is 6.92 Å². The van der Waals surface area contributed by atoms with Gasteiger partial charge in [0.1, 0.15) is 0 Å². The minimum absolute atomic E-state index is 0.00912. The normalized spacial score (nSPS) is 29.0. The second-order valence-corrected chi connectivity index (χ2v) is 2.99. The van der Waals surface area contributed by atoms with Crippen LogP contribution in [0.25, 0.3) is 0 Å². The van der Waals surface area contributed by atoms with E-state index in [1.54, 1.807) is 12.2 Å². The van der Waals surface area contributed by atoms with Gasteiger partial charge in [-0.25, -0.2) is 0 Å². The van der Waals surface area contributed by atoms with Gasteiger partial charge in [0.25, 0.3) is 0 Å². The van der Waals surface area contributed by atoms with Crippen LogP contribution in [0.15, 0.2) is 24.3 Å². The Bertz CT molecular complexity index is 216. The highest BCUT2D eigenvalue weighted by molar-refractivity contribution is 5.96. The number of ketones is 1. The summed E-state index contributed by atoms with van der Waals surface area (Å²) in [5.41, 5.74) is 0. The molecule has 0 aliphatic heterocycles. The molecule has 0 fully saturated rings. The molecule has 0 amide bonds. The van der Waals surface area contributed by atoms with Crippen molar-refractivity contribution in [2.24, 2.45) is 5.92 Å². The summed E-state index contributed by atoms with van der Waals surface area (Å²) >= 11 is 0. The zero-order chi connectivity index (χ0) is 8.97. The van der Waals surface area contributed by atoms with Gasteiger partial charge in [-0.05, 0) is 12.5 Å². The van der Waals surface area contributed by atoms with Crippen molar-refractivity contribution in [1.82, 2.24) is 0 Å². The van der Waals surface area contributed by atoms with Crippen LogP contribution in [0.3, 0.4) is 0 Å². The highest BCUT2D eigenvalue weighted by Crippen LogP contribution is 2.16. The van der Waals surface area contributed by atoms with Crippen molar-refractivity contribution in [3.63, 3.8) is 0 Å². The van der Waals surface area contributed by atoms with Crippen LogP contribution in [0.2, 0.25) is 0 Å².